The molecule has 0 aliphatic heterocycles. The normalized spacial score (nSPS) is 11.7. The van der Waals surface area contributed by atoms with E-state index in [4.69, 9.17) is 26.2 Å². The van der Waals surface area contributed by atoms with Gasteiger partial charge in [0.05, 0.1) is 5.02 Å². The lowest BCUT2D eigenvalue weighted by Gasteiger charge is -2.11. The zero-order valence-electron chi connectivity index (χ0n) is 10.6. The van der Waals surface area contributed by atoms with Crippen molar-refractivity contribution < 1.29 is 19.4 Å². The topological polar surface area (TPSA) is 68.7 Å². The summed E-state index contributed by atoms with van der Waals surface area (Å²) >= 11 is 5.73. The Morgan fingerprint density at radius 3 is 2.70 bits per heavy atom. The van der Waals surface area contributed by atoms with E-state index in [9.17, 15) is 4.79 Å². The fraction of sp³-hybridized carbons (Fsp3) is 0.143. The van der Waals surface area contributed by atoms with Crippen molar-refractivity contribution >= 4 is 17.6 Å². The molecule has 20 heavy (non-hydrogen) atoms. The molecule has 0 aliphatic carbocycles. The molecule has 6 heteroatoms. The summed E-state index contributed by atoms with van der Waals surface area (Å²) in [6, 6.07) is 9.97. The van der Waals surface area contributed by atoms with E-state index >= 15 is 0 Å². The second-order valence-corrected chi connectivity index (χ2v) is 4.43. The van der Waals surface area contributed by atoms with E-state index in [2.05, 4.69) is 4.98 Å². The van der Waals surface area contributed by atoms with Crippen LogP contribution in [-0.2, 0) is 4.79 Å². The van der Waals surface area contributed by atoms with Crippen LogP contribution in [0.4, 0.5) is 0 Å². The van der Waals surface area contributed by atoms with Crippen molar-refractivity contribution in [1.29, 1.82) is 0 Å². The van der Waals surface area contributed by atoms with Gasteiger partial charge in [0.25, 0.3) is 0 Å². The number of carboxylic acids is 1. The third kappa shape index (κ3) is 3.86. The smallest absolute Gasteiger partial charge is 0.344 e. The summed E-state index contributed by atoms with van der Waals surface area (Å²) in [7, 11) is 0. The van der Waals surface area contributed by atoms with Gasteiger partial charge in [0.2, 0.25) is 5.88 Å². The van der Waals surface area contributed by atoms with Gasteiger partial charge in [0.1, 0.15) is 11.5 Å². The summed E-state index contributed by atoms with van der Waals surface area (Å²) in [4.78, 5) is 14.7. The number of nitrogens with zero attached hydrogens (tertiary/aromatic N) is 1. The van der Waals surface area contributed by atoms with Crippen LogP contribution in [0.25, 0.3) is 0 Å². The number of hydrogen-bond acceptors (Lipinski definition) is 4. The summed E-state index contributed by atoms with van der Waals surface area (Å²) in [5.74, 6) is 0.259. The molecule has 0 bridgehead atoms. The van der Waals surface area contributed by atoms with Crippen LogP contribution < -0.4 is 9.47 Å². The Hall–Kier alpha value is -2.27. The van der Waals surface area contributed by atoms with Crippen molar-refractivity contribution in [2.45, 2.75) is 13.0 Å². The highest BCUT2D eigenvalue weighted by Crippen LogP contribution is 2.25. The van der Waals surface area contributed by atoms with Crippen molar-refractivity contribution in [3.05, 3.63) is 47.6 Å². The molecular formula is C14H12ClNO4. The number of aromatic nitrogens is 1. The summed E-state index contributed by atoms with van der Waals surface area (Å²) in [6.07, 6.45) is 0.544. The minimum absolute atomic E-state index is 0.387. The number of hydrogen-bond donors (Lipinski definition) is 1. The molecule has 1 heterocycles. The first kappa shape index (κ1) is 14.1. The number of ether oxygens (including phenoxy) is 2. The Balaban J connectivity index is 2.09. The molecule has 1 unspecified atom stereocenters. The van der Waals surface area contributed by atoms with Gasteiger partial charge in [-0.1, -0.05) is 17.7 Å². The molecule has 2 rings (SSSR count). The van der Waals surface area contributed by atoms with Crippen LogP contribution in [0.2, 0.25) is 5.02 Å². The van der Waals surface area contributed by atoms with Gasteiger partial charge in [-0.3, -0.25) is 0 Å². The lowest BCUT2D eigenvalue weighted by molar-refractivity contribution is -0.144. The van der Waals surface area contributed by atoms with Gasteiger partial charge < -0.3 is 14.6 Å². The van der Waals surface area contributed by atoms with Crippen molar-refractivity contribution in [1.82, 2.24) is 4.98 Å². The van der Waals surface area contributed by atoms with Crippen LogP contribution in [0.5, 0.6) is 17.4 Å². The maximum absolute atomic E-state index is 10.7. The van der Waals surface area contributed by atoms with Crippen molar-refractivity contribution in [3.63, 3.8) is 0 Å². The molecule has 1 aromatic heterocycles. The number of carboxylic acid groups (broad SMARTS) is 1. The second-order valence-electron chi connectivity index (χ2n) is 3.99. The third-order valence-electron chi connectivity index (χ3n) is 2.39. The van der Waals surface area contributed by atoms with Crippen molar-refractivity contribution in [3.8, 4) is 17.4 Å². The minimum atomic E-state index is -1.03. The lowest BCUT2D eigenvalue weighted by atomic mass is 10.3. The maximum Gasteiger partial charge on any atom is 0.344 e. The minimum Gasteiger partial charge on any atom is -0.479 e. The van der Waals surface area contributed by atoms with Crippen LogP contribution in [0.15, 0.2) is 42.6 Å². The predicted molar refractivity (Wildman–Crippen MR) is 73.5 cm³/mol. The van der Waals surface area contributed by atoms with Crippen LogP contribution in [-0.4, -0.2) is 22.2 Å². The average Bonchev–Trinajstić information content (AvgIpc) is 2.42. The van der Waals surface area contributed by atoms with E-state index in [1.807, 2.05) is 0 Å². The number of pyridine rings is 1. The molecule has 104 valence electrons. The monoisotopic (exact) mass is 293 g/mol. The maximum atomic E-state index is 10.7. The molecule has 2 aromatic rings. The van der Waals surface area contributed by atoms with Gasteiger partial charge in [-0.25, -0.2) is 9.78 Å². The first-order valence-corrected chi connectivity index (χ1v) is 6.21. The average molecular weight is 294 g/mol. The molecule has 1 aromatic carbocycles. The van der Waals surface area contributed by atoms with Gasteiger partial charge in [-0.05, 0) is 25.1 Å². The molecular weight excluding hydrogens is 282 g/mol. The summed E-state index contributed by atoms with van der Waals surface area (Å²) in [5.41, 5.74) is 0. The first-order valence-electron chi connectivity index (χ1n) is 5.83. The SMILES string of the molecule is CC(Oc1cccc(Oc2ccc(Cl)cn2)c1)C(=O)O. The van der Waals surface area contributed by atoms with Gasteiger partial charge >= 0.3 is 5.97 Å². The quantitative estimate of drug-likeness (QED) is 0.915. The lowest BCUT2D eigenvalue weighted by Crippen LogP contribution is -2.22. The molecule has 1 N–H and O–H groups in total. The Morgan fingerprint density at radius 1 is 1.30 bits per heavy atom. The van der Waals surface area contributed by atoms with E-state index in [1.54, 1.807) is 36.4 Å². The highest BCUT2D eigenvalue weighted by Gasteiger charge is 2.12. The van der Waals surface area contributed by atoms with Gasteiger partial charge in [-0.2, -0.15) is 0 Å². The Bertz CT molecular complexity index is 600. The van der Waals surface area contributed by atoms with Gasteiger partial charge in [-0.15, -0.1) is 0 Å². The number of aliphatic carboxylic acids is 1. The first-order chi connectivity index (χ1) is 9.54. The van der Waals surface area contributed by atoms with Crippen LogP contribution >= 0.6 is 11.6 Å². The third-order valence-corrected chi connectivity index (χ3v) is 2.61. The number of rotatable bonds is 5. The number of carbonyl (C=O) groups is 1. The number of halogens is 1. The van der Waals surface area contributed by atoms with Crippen LogP contribution in [0.3, 0.4) is 0 Å². The second kappa shape index (κ2) is 6.25. The van der Waals surface area contributed by atoms with E-state index in [0.717, 1.165) is 0 Å². The van der Waals surface area contributed by atoms with E-state index in [-0.39, 0.29) is 0 Å². The number of benzene rings is 1. The van der Waals surface area contributed by atoms with Crippen molar-refractivity contribution in [2.24, 2.45) is 0 Å². The molecule has 0 amide bonds. The summed E-state index contributed by atoms with van der Waals surface area (Å²) in [6.45, 7) is 1.45. The fourth-order valence-corrected chi connectivity index (χ4v) is 1.52. The molecule has 5 nitrogen and oxygen atoms in total. The highest BCUT2D eigenvalue weighted by molar-refractivity contribution is 6.30. The Morgan fingerprint density at radius 2 is 2.05 bits per heavy atom. The van der Waals surface area contributed by atoms with Gasteiger partial charge in [0.15, 0.2) is 6.10 Å². The van der Waals surface area contributed by atoms with E-state index in [0.29, 0.717) is 22.4 Å². The molecule has 0 saturated heterocycles. The van der Waals surface area contributed by atoms with Crippen molar-refractivity contribution in [2.75, 3.05) is 0 Å². The van der Waals surface area contributed by atoms with Gasteiger partial charge in [0, 0.05) is 18.3 Å². The molecule has 0 spiro atoms. The Kier molecular flexibility index (Phi) is 4.42. The molecule has 0 saturated carbocycles. The molecule has 0 radical (unpaired) electrons. The zero-order chi connectivity index (χ0) is 14.5. The Labute approximate surface area is 120 Å². The standard InChI is InChI=1S/C14H12ClNO4/c1-9(14(17)18)19-11-3-2-4-12(7-11)20-13-6-5-10(15)8-16-13/h2-9H,1H3,(H,17,18). The summed E-state index contributed by atoms with van der Waals surface area (Å²) in [5, 5.41) is 9.31. The van der Waals surface area contributed by atoms with E-state index < -0.39 is 12.1 Å². The molecule has 1 atom stereocenters. The molecule has 0 aliphatic rings. The van der Waals surface area contributed by atoms with E-state index in [1.165, 1.54) is 13.1 Å². The zero-order valence-corrected chi connectivity index (χ0v) is 11.4. The summed E-state index contributed by atoms with van der Waals surface area (Å²) < 4.78 is 10.8. The molecule has 0 fully saturated rings. The van der Waals surface area contributed by atoms with Crippen LogP contribution in [0.1, 0.15) is 6.92 Å². The highest BCUT2D eigenvalue weighted by atomic mass is 35.5. The largest absolute Gasteiger partial charge is 0.479 e. The van der Waals surface area contributed by atoms with Crippen LogP contribution in [0, 0.1) is 0 Å². The fourth-order valence-electron chi connectivity index (χ4n) is 1.41. The predicted octanol–water partition coefficient (Wildman–Crippen LogP) is 3.38.